The molecule has 2 rings (SSSR count). The first-order valence-corrected chi connectivity index (χ1v) is 5.85. The number of rotatable bonds is 3. The molecule has 0 N–H and O–H groups in total. The van der Waals surface area contributed by atoms with Gasteiger partial charge >= 0.3 is 0 Å². The molecule has 1 atom stereocenters. The van der Waals surface area contributed by atoms with Crippen molar-refractivity contribution in [1.29, 1.82) is 0 Å². The molecule has 5 heteroatoms. The van der Waals surface area contributed by atoms with Gasteiger partial charge in [-0.2, -0.15) is 4.39 Å². The predicted octanol–water partition coefficient (Wildman–Crippen LogP) is 3.29. The first-order chi connectivity index (χ1) is 7.66. The molecular weight excluding hydrogens is 282 g/mol. The summed E-state index contributed by atoms with van der Waals surface area (Å²) in [5.41, 5.74) is 0. The Morgan fingerprint density at radius 3 is 2.94 bits per heavy atom. The van der Waals surface area contributed by atoms with Crippen LogP contribution in [-0.4, -0.2) is 19.3 Å². The Labute approximate surface area is 101 Å². The zero-order valence-electron chi connectivity index (χ0n) is 8.51. The van der Waals surface area contributed by atoms with Gasteiger partial charge in [-0.15, -0.1) is 0 Å². The Kier molecular flexibility index (Phi) is 3.76. The molecule has 1 aromatic carbocycles. The van der Waals surface area contributed by atoms with Crippen molar-refractivity contribution in [2.45, 2.75) is 18.9 Å². The average Bonchev–Trinajstić information content (AvgIpc) is 2.74. The monoisotopic (exact) mass is 292 g/mol. The summed E-state index contributed by atoms with van der Waals surface area (Å²) in [6, 6.07) is 2.47. The van der Waals surface area contributed by atoms with Crippen molar-refractivity contribution in [3.05, 3.63) is 28.2 Å². The van der Waals surface area contributed by atoms with E-state index in [1.165, 1.54) is 6.07 Å². The Morgan fingerprint density at radius 1 is 1.44 bits per heavy atom. The Balaban J connectivity index is 2.02. The van der Waals surface area contributed by atoms with Gasteiger partial charge in [-0.1, -0.05) is 15.9 Å². The molecule has 1 saturated heterocycles. The summed E-state index contributed by atoms with van der Waals surface area (Å²) in [7, 11) is 0. The summed E-state index contributed by atoms with van der Waals surface area (Å²) >= 11 is 3.08. The molecule has 1 aliphatic rings. The molecule has 0 spiro atoms. The summed E-state index contributed by atoms with van der Waals surface area (Å²) in [5, 5.41) is 0. The van der Waals surface area contributed by atoms with Gasteiger partial charge in [-0.05, 0) is 25.0 Å². The van der Waals surface area contributed by atoms with E-state index in [0.717, 1.165) is 18.9 Å². The van der Waals surface area contributed by atoms with Crippen LogP contribution in [0.25, 0.3) is 0 Å². The molecule has 1 fully saturated rings. The molecule has 0 saturated carbocycles. The molecule has 0 radical (unpaired) electrons. The first-order valence-electron chi connectivity index (χ1n) is 5.06. The molecule has 0 aliphatic carbocycles. The third kappa shape index (κ3) is 2.71. The minimum absolute atomic E-state index is 0.0126. The largest absolute Gasteiger partial charge is 0.488 e. The lowest BCUT2D eigenvalue weighted by Gasteiger charge is -2.12. The standard InChI is InChI=1S/C11H11BrF2O2/c12-7-4-9(13)11(14)10(5-7)16-6-8-2-1-3-15-8/h4-5,8H,1-3,6H2. The maximum absolute atomic E-state index is 13.3. The second-order valence-electron chi connectivity index (χ2n) is 3.65. The number of hydrogen-bond acceptors (Lipinski definition) is 2. The predicted molar refractivity (Wildman–Crippen MR) is 58.5 cm³/mol. The summed E-state index contributed by atoms with van der Waals surface area (Å²) in [6.07, 6.45) is 1.88. The van der Waals surface area contributed by atoms with Crippen LogP contribution in [0.5, 0.6) is 5.75 Å². The van der Waals surface area contributed by atoms with E-state index >= 15 is 0 Å². The van der Waals surface area contributed by atoms with E-state index < -0.39 is 11.6 Å². The van der Waals surface area contributed by atoms with Crippen LogP contribution in [0.4, 0.5) is 8.78 Å². The average molecular weight is 293 g/mol. The Morgan fingerprint density at radius 2 is 2.25 bits per heavy atom. The van der Waals surface area contributed by atoms with E-state index in [0.29, 0.717) is 11.1 Å². The molecule has 16 heavy (non-hydrogen) atoms. The maximum Gasteiger partial charge on any atom is 0.200 e. The van der Waals surface area contributed by atoms with Crippen molar-refractivity contribution in [2.75, 3.05) is 13.2 Å². The van der Waals surface area contributed by atoms with Crippen LogP contribution in [-0.2, 0) is 4.74 Å². The lowest BCUT2D eigenvalue weighted by molar-refractivity contribution is 0.0662. The van der Waals surface area contributed by atoms with Gasteiger partial charge in [0.1, 0.15) is 6.61 Å². The quantitative estimate of drug-likeness (QED) is 0.796. The summed E-state index contributed by atoms with van der Waals surface area (Å²) in [6.45, 7) is 0.968. The van der Waals surface area contributed by atoms with Gasteiger partial charge < -0.3 is 9.47 Å². The molecule has 1 heterocycles. The topological polar surface area (TPSA) is 18.5 Å². The van der Waals surface area contributed by atoms with E-state index in [1.807, 2.05) is 0 Å². The lowest BCUT2D eigenvalue weighted by atomic mass is 10.2. The van der Waals surface area contributed by atoms with Crippen molar-refractivity contribution >= 4 is 15.9 Å². The van der Waals surface area contributed by atoms with Gasteiger partial charge in [0.25, 0.3) is 0 Å². The fourth-order valence-corrected chi connectivity index (χ4v) is 2.00. The third-order valence-corrected chi connectivity index (χ3v) is 2.87. The van der Waals surface area contributed by atoms with Gasteiger partial charge in [-0.25, -0.2) is 4.39 Å². The fraction of sp³-hybridized carbons (Fsp3) is 0.455. The summed E-state index contributed by atoms with van der Waals surface area (Å²) in [5.74, 6) is -1.96. The minimum atomic E-state index is -0.957. The van der Waals surface area contributed by atoms with Crippen LogP contribution in [0.15, 0.2) is 16.6 Å². The number of halogens is 3. The van der Waals surface area contributed by atoms with Crippen molar-refractivity contribution < 1.29 is 18.3 Å². The van der Waals surface area contributed by atoms with Gasteiger partial charge in [0.2, 0.25) is 5.82 Å². The van der Waals surface area contributed by atoms with Crippen molar-refractivity contribution in [3.8, 4) is 5.75 Å². The van der Waals surface area contributed by atoms with Gasteiger partial charge in [0.05, 0.1) is 6.10 Å². The lowest BCUT2D eigenvalue weighted by Crippen LogP contribution is -2.16. The van der Waals surface area contributed by atoms with Gasteiger partial charge in [-0.3, -0.25) is 0 Å². The van der Waals surface area contributed by atoms with E-state index in [-0.39, 0.29) is 18.5 Å². The molecule has 88 valence electrons. The maximum atomic E-state index is 13.3. The molecule has 1 aromatic rings. The van der Waals surface area contributed by atoms with Gasteiger partial charge in [0, 0.05) is 11.1 Å². The fourth-order valence-electron chi connectivity index (χ4n) is 1.60. The highest BCUT2D eigenvalue weighted by molar-refractivity contribution is 9.10. The molecular formula is C11H11BrF2O2. The second kappa shape index (κ2) is 5.10. The third-order valence-electron chi connectivity index (χ3n) is 2.41. The van der Waals surface area contributed by atoms with E-state index in [9.17, 15) is 8.78 Å². The number of benzene rings is 1. The van der Waals surface area contributed by atoms with Crippen LogP contribution in [0.3, 0.4) is 0 Å². The van der Waals surface area contributed by atoms with Gasteiger partial charge in [0.15, 0.2) is 11.6 Å². The summed E-state index contributed by atoms with van der Waals surface area (Å²) < 4.78 is 37.3. The molecule has 0 bridgehead atoms. The van der Waals surface area contributed by atoms with E-state index in [4.69, 9.17) is 9.47 Å². The van der Waals surface area contributed by atoms with Crippen molar-refractivity contribution in [2.24, 2.45) is 0 Å². The van der Waals surface area contributed by atoms with E-state index in [2.05, 4.69) is 15.9 Å². The molecule has 1 aliphatic heterocycles. The molecule has 0 aromatic heterocycles. The van der Waals surface area contributed by atoms with Crippen molar-refractivity contribution in [1.82, 2.24) is 0 Å². The van der Waals surface area contributed by atoms with Crippen LogP contribution < -0.4 is 4.74 Å². The van der Waals surface area contributed by atoms with Crippen LogP contribution >= 0.6 is 15.9 Å². The molecule has 2 nitrogen and oxygen atoms in total. The van der Waals surface area contributed by atoms with Crippen LogP contribution in [0.1, 0.15) is 12.8 Å². The number of ether oxygens (including phenoxy) is 2. The van der Waals surface area contributed by atoms with Crippen LogP contribution in [0, 0.1) is 11.6 Å². The number of hydrogen-bond donors (Lipinski definition) is 0. The highest BCUT2D eigenvalue weighted by atomic mass is 79.9. The normalized spacial score (nSPS) is 20.1. The highest BCUT2D eigenvalue weighted by Gasteiger charge is 2.18. The van der Waals surface area contributed by atoms with E-state index in [1.54, 1.807) is 0 Å². The second-order valence-corrected chi connectivity index (χ2v) is 4.56. The zero-order chi connectivity index (χ0) is 11.5. The van der Waals surface area contributed by atoms with Crippen molar-refractivity contribution in [3.63, 3.8) is 0 Å². The smallest absolute Gasteiger partial charge is 0.200 e. The minimum Gasteiger partial charge on any atom is -0.488 e. The summed E-state index contributed by atoms with van der Waals surface area (Å²) in [4.78, 5) is 0. The highest BCUT2D eigenvalue weighted by Crippen LogP contribution is 2.26. The Hall–Kier alpha value is -0.680. The first kappa shape index (κ1) is 11.8. The van der Waals surface area contributed by atoms with Crippen LogP contribution in [0.2, 0.25) is 0 Å². The molecule has 1 unspecified atom stereocenters. The zero-order valence-corrected chi connectivity index (χ0v) is 10.1. The molecule has 0 amide bonds. The SMILES string of the molecule is Fc1cc(Br)cc(OCC2CCCO2)c1F. The Bertz CT molecular complexity index is 378.